The molecule has 0 fully saturated rings. The Morgan fingerprint density at radius 2 is 2.06 bits per heavy atom. The average molecular weight is 273 g/mol. The van der Waals surface area contributed by atoms with Gasteiger partial charge >= 0.3 is 0 Å². The number of hydrogen-bond acceptors (Lipinski definition) is 4. The lowest BCUT2D eigenvalue weighted by Crippen LogP contribution is -2.30. The molecule has 0 saturated carbocycles. The quantitative estimate of drug-likeness (QED) is 0.766. The molecule has 1 aromatic carbocycles. The number of aliphatic hydroxyl groups excluding tert-OH is 1. The molecule has 0 aromatic heterocycles. The van der Waals surface area contributed by atoms with Gasteiger partial charge < -0.3 is 10.0 Å². The fourth-order valence-corrected chi connectivity index (χ4v) is 2.11. The van der Waals surface area contributed by atoms with Gasteiger partial charge in [-0.15, -0.1) is 0 Å². The minimum atomic E-state index is -4.37. The van der Waals surface area contributed by atoms with E-state index < -0.39 is 15.6 Å². The maximum Gasteiger partial charge on any atom is 0.292 e. The molecule has 0 aliphatic heterocycles. The lowest BCUT2D eigenvalue weighted by Gasteiger charge is -2.24. The van der Waals surface area contributed by atoms with Gasteiger partial charge in [0.15, 0.2) is 5.44 Å². The predicted octanol–water partition coefficient (Wildman–Crippen LogP) is 1.42. The van der Waals surface area contributed by atoms with E-state index in [1.807, 2.05) is 43.0 Å². The largest absolute Gasteiger partial charge is 0.375 e. The standard InChI is InChI=1S/C12H19NO4S/c1-3-13(8-7-12(14)18(15,16)17)11-6-4-5-10(2)9-11/h4-6,9,12,14H,3,7-8H2,1-2H3,(H,15,16,17)/t12-/m0/s1. The Morgan fingerprint density at radius 1 is 1.39 bits per heavy atom. The van der Waals surface area contributed by atoms with Crippen molar-refractivity contribution in [1.29, 1.82) is 0 Å². The highest BCUT2D eigenvalue weighted by Crippen LogP contribution is 2.16. The normalized spacial score (nSPS) is 13.3. The fourth-order valence-electron chi connectivity index (χ4n) is 1.71. The molecule has 0 saturated heterocycles. The Balaban J connectivity index is 2.69. The van der Waals surface area contributed by atoms with Crippen LogP contribution in [0, 0.1) is 6.92 Å². The zero-order valence-electron chi connectivity index (χ0n) is 10.6. The van der Waals surface area contributed by atoms with Gasteiger partial charge in [-0.2, -0.15) is 8.42 Å². The molecule has 0 spiro atoms. The predicted molar refractivity (Wildman–Crippen MR) is 71.2 cm³/mol. The first-order valence-electron chi connectivity index (χ1n) is 5.80. The van der Waals surface area contributed by atoms with Crippen LogP contribution in [0.15, 0.2) is 24.3 Å². The van der Waals surface area contributed by atoms with Gasteiger partial charge in [-0.3, -0.25) is 4.55 Å². The maximum absolute atomic E-state index is 10.7. The Morgan fingerprint density at radius 3 is 2.56 bits per heavy atom. The smallest absolute Gasteiger partial charge is 0.292 e. The molecule has 1 atom stereocenters. The molecule has 0 bridgehead atoms. The van der Waals surface area contributed by atoms with Gasteiger partial charge in [0.2, 0.25) is 0 Å². The molecular weight excluding hydrogens is 254 g/mol. The van der Waals surface area contributed by atoms with Crippen molar-refractivity contribution in [3.8, 4) is 0 Å². The van der Waals surface area contributed by atoms with E-state index in [2.05, 4.69) is 0 Å². The van der Waals surface area contributed by atoms with Crippen molar-refractivity contribution in [2.24, 2.45) is 0 Å². The molecule has 0 aliphatic rings. The summed E-state index contributed by atoms with van der Waals surface area (Å²) >= 11 is 0. The zero-order valence-corrected chi connectivity index (χ0v) is 11.4. The molecule has 18 heavy (non-hydrogen) atoms. The highest BCUT2D eigenvalue weighted by Gasteiger charge is 2.20. The van der Waals surface area contributed by atoms with Crippen molar-refractivity contribution in [2.75, 3.05) is 18.0 Å². The van der Waals surface area contributed by atoms with Crippen molar-refractivity contribution in [3.63, 3.8) is 0 Å². The molecule has 0 aliphatic carbocycles. The first-order valence-corrected chi connectivity index (χ1v) is 7.31. The third-order valence-electron chi connectivity index (χ3n) is 2.74. The number of rotatable bonds is 6. The fraction of sp³-hybridized carbons (Fsp3) is 0.500. The summed E-state index contributed by atoms with van der Waals surface area (Å²) in [6.07, 6.45) is -0.0272. The zero-order chi connectivity index (χ0) is 13.8. The summed E-state index contributed by atoms with van der Waals surface area (Å²) < 4.78 is 30.1. The maximum atomic E-state index is 10.7. The van der Waals surface area contributed by atoms with Gasteiger partial charge in [0, 0.05) is 25.2 Å². The second-order valence-electron chi connectivity index (χ2n) is 4.18. The molecule has 102 valence electrons. The van der Waals surface area contributed by atoms with E-state index in [4.69, 9.17) is 4.55 Å². The number of nitrogens with zero attached hydrogens (tertiary/aromatic N) is 1. The van der Waals surface area contributed by atoms with Gasteiger partial charge in [0.1, 0.15) is 0 Å². The van der Waals surface area contributed by atoms with Crippen molar-refractivity contribution >= 4 is 15.8 Å². The van der Waals surface area contributed by atoms with E-state index in [1.165, 1.54) is 0 Å². The summed E-state index contributed by atoms with van der Waals surface area (Å²) in [6, 6.07) is 7.82. The van der Waals surface area contributed by atoms with Gasteiger partial charge in [-0.25, -0.2) is 0 Å². The summed E-state index contributed by atoms with van der Waals surface area (Å²) in [6.45, 7) is 4.98. The molecular formula is C12H19NO4S. The molecule has 0 heterocycles. The third kappa shape index (κ3) is 4.29. The van der Waals surface area contributed by atoms with Crippen molar-refractivity contribution in [1.82, 2.24) is 0 Å². The van der Waals surface area contributed by atoms with E-state index in [0.717, 1.165) is 11.3 Å². The second-order valence-corrected chi connectivity index (χ2v) is 5.75. The molecule has 0 radical (unpaired) electrons. The van der Waals surface area contributed by atoms with Crippen LogP contribution in [-0.2, 0) is 10.1 Å². The van der Waals surface area contributed by atoms with Crippen LogP contribution in [0.2, 0.25) is 0 Å². The Bertz CT molecular complexity index is 487. The first-order chi connectivity index (χ1) is 8.34. The third-order valence-corrected chi connectivity index (χ3v) is 3.66. The second kappa shape index (κ2) is 6.17. The molecule has 0 unspecified atom stereocenters. The highest BCUT2D eigenvalue weighted by atomic mass is 32.2. The highest BCUT2D eigenvalue weighted by molar-refractivity contribution is 7.86. The van der Waals surface area contributed by atoms with Crippen LogP contribution in [0.5, 0.6) is 0 Å². The average Bonchev–Trinajstić information content (AvgIpc) is 2.28. The van der Waals surface area contributed by atoms with Crippen LogP contribution in [0.4, 0.5) is 5.69 Å². The lowest BCUT2D eigenvalue weighted by atomic mass is 10.2. The van der Waals surface area contributed by atoms with E-state index in [1.54, 1.807) is 0 Å². The van der Waals surface area contributed by atoms with Crippen molar-refractivity contribution in [2.45, 2.75) is 25.7 Å². The summed E-state index contributed by atoms with van der Waals surface area (Å²) in [5, 5.41) is 9.27. The van der Waals surface area contributed by atoms with Crippen molar-refractivity contribution in [3.05, 3.63) is 29.8 Å². The number of aliphatic hydroxyl groups is 1. The van der Waals surface area contributed by atoms with Crippen LogP contribution in [0.3, 0.4) is 0 Å². The van der Waals surface area contributed by atoms with E-state index in [9.17, 15) is 13.5 Å². The molecule has 6 heteroatoms. The van der Waals surface area contributed by atoms with E-state index in [0.29, 0.717) is 13.1 Å². The van der Waals surface area contributed by atoms with Gasteiger partial charge in [0.05, 0.1) is 0 Å². The first kappa shape index (κ1) is 14.9. The summed E-state index contributed by atoms with van der Waals surface area (Å²) in [7, 11) is -4.37. The van der Waals surface area contributed by atoms with Crippen molar-refractivity contribution < 1.29 is 18.1 Å². The van der Waals surface area contributed by atoms with E-state index >= 15 is 0 Å². The number of aryl methyl sites for hydroxylation is 1. The monoisotopic (exact) mass is 273 g/mol. The minimum absolute atomic E-state index is 0.0272. The Labute approximate surface area is 108 Å². The Hall–Kier alpha value is -1.11. The molecule has 5 nitrogen and oxygen atoms in total. The van der Waals surface area contributed by atoms with Gasteiger partial charge in [-0.05, 0) is 31.5 Å². The minimum Gasteiger partial charge on any atom is -0.375 e. The van der Waals surface area contributed by atoms with Gasteiger partial charge in [0.25, 0.3) is 10.1 Å². The van der Waals surface area contributed by atoms with Crippen LogP contribution in [-0.4, -0.2) is 36.6 Å². The summed E-state index contributed by atoms with van der Waals surface area (Å²) in [4.78, 5) is 1.95. The number of anilines is 1. The number of benzene rings is 1. The summed E-state index contributed by atoms with van der Waals surface area (Å²) in [5.74, 6) is 0. The van der Waals surface area contributed by atoms with Crippen LogP contribution < -0.4 is 4.90 Å². The Kier molecular flexibility index (Phi) is 5.13. The van der Waals surface area contributed by atoms with E-state index in [-0.39, 0.29) is 6.42 Å². The number of hydrogen-bond donors (Lipinski definition) is 2. The van der Waals surface area contributed by atoms with Crippen LogP contribution >= 0.6 is 0 Å². The summed E-state index contributed by atoms with van der Waals surface area (Å²) in [5.41, 5.74) is 0.359. The lowest BCUT2D eigenvalue weighted by molar-refractivity contribution is 0.225. The van der Waals surface area contributed by atoms with Crippen LogP contribution in [0.1, 0.15) is 18.9 Å². The molecule has 0 amide bonds. The topological polar surface area (TPSA) is 77.8 Å². The molecule has 2 N–H and O–H groups in total. The molecule has 1 rings (SSSR count). The molecule has 1 aromatic rings. The SMILES string of the molecule is CCN(CC[C@@H](O)S(=O)(=O)O)c1cccc(C)c1. The van der Waals surface area contributed by atoms with Crippen LogP contribution in [0.25, 0.3) is 0 Å². The van der Waals surface area contributed by atoms with Gasteiger partial charge in [-0.1, -0.05) is 12.1 Å².